The quantitative estimate of drug-likeness (QED) is 0.747. The molecule has 6 nitrogen and oxygen atoms in total. The number of carbonyl (C=O) groups excluding carboxylic acids is 2. The van der Waals surface area contributed by atoms with Gasteiger partial charge in [0.05, 0.1) is 6.10 Å². The molecule has 2 heterocycles. The van der Waals surface area contributed by atoms with Gasteiger partial charge in [-0.2, -0.15) is 0 Å². The number of amides is 3. The Kier molecular flexibility index (Phi) is 4.86. The second kappa shape index (κ2) is 6.43. The molecule has 6 heteroatoms. The zero-order valence-corrected chi connectivity index (χ0v) is 12.7. The van der Waals surface area contributed by atoms with Gasteiger partial charge in [-0.15, -0.1) is 0 Å². The van der Waals surface area contributed by atoms with Crippen molar-refractivity contribution in [1.29, 1.82) is 0 Å². The summed E-state index contributed by atoms with van der Waals surface area (Å²) < 4.78 is 5.30. The molecule has 2 aliphatic rings. The molecule has 1 atom stereocenters. The first-order valence-corrected chi connectivity index (χ1v) is 7.30. The maximum Gasteiger partial charge on any atom is 0.319 e. The molecular weight excluding hydrogens is 258 g/mol. The molecule has 2 rings (SSSR count). The summed E-state index contributed by atoms with van der Waals surface area (Å²) in [5, 5.41) is 0. The number of urea groups is 1. The standard InChI is InChI=1S/C14H25N3O3/c1-15(2)14(19)16-7-4-11(5-8-16)13(18)17-9-6-12(10-17)20-3/h11-12H,4-10H2,1-3H3. The Labute approximate surface area is 120 Å². The van der Waals surface area contributed by atoms with Crippen LogP contribution in [0.5, 0.6) is 0 Å². The van der Waals surface area contributed by atoms with Crippen molar-refractivity contribution in [1.82, 2.24) is 14.7 Å². The molecule has 2 saturated heterocycles. The van der Waals surface area contributed by atoms with Crippen LogP contribution in [0.3, 0.4) is 0 Å². The lowest BCUT2D eigenvalue weighted by atomic mass is 9.95. The van der Waals surface area contributed by atoms with Gasteiger partial charge in [0, 0.05) is 53.3 Å². The average molecular weight is 283 g/mol. The predicted octanol–water partition coefficient (Wildman–Crippen LogP) is 0.627. The molecule has 2 fully saturated rings. The fourth-order valence-electron chi connectivity index (χ4n) is 2.98. The van der Waals surface area contributed by atoms with Gasteiger partial charge in [-0.25, -0.2) is 4.79 Å². The van der Waals surface area contributed by atoms with Crippen molar-refractivity contribution in [3.63, 3.8) is 0 Å². The van der Waals surface area contributed by atoms with Crippen LogP contribution in [0.2, 0.25) is 0 Å². The molecule has 0 aliphatic carbocycles. The zero-order valence-electron chi connectivity index (χ0n) is 12.7. The van der Waals surface area contributed by atoms with Crippen molar-refractivity contribution in [2.45, 2.75) is 25.4 Å². The first kappa shape index (κ1) is 15.1. The van der Waals surface area contributed by atoms with E-state index in [1.54, 1.807) is 26.1 Å². The summed E-state index contributed by atoms with van der Waals surface area (Å²) in [6.45, 7) is 2.87. The van der Waals surface area contributed by atoms with Gasteiger partial charge in [-0.1, -0.05) is 0 Å². The van der Waals surface area contributed by atoms with Crippen LogP contribution < -0.4 is 0 Å². The summed E-state index contributed by atoms with van der Waals surface area (Å²) >= 11 is 0. The highest BCUT2D eigenvalue weighted by molar-refractivity contribution is 5.80. The third-order valence-corrected chi connectivity index (χ3v) is 4.29. The summed E-state index contributed by atoms with van der Waals surface area (Å²) in [5.74, 6) is 0.304. The van der Waals surface area contributed by atoms with E-state index in [0.29, 0.717) is 19.6 Å². The van der Waals surface area contributed by atoms with Gasteiger partial charge in [-0.3, -0.25) is 4.79 Å². The van der Waals surface area contributed by atoms with E-state index in [1.807, 2.05) is 9.80 Å². The SMILES string of the molecule is COC1CCN(C(=O)C2CCN(C(=O)N(C)C)CC2)C1. The van der Waals surface area contributed by atoms with E-state index in [-0.39, 0.29) is 24.0 Å². The number of hydrogen-bond donors (Lipinski definition) is 0. The Balaban J connectivity index is 1.82. The van der Waals surface area contributed by atoms with Gasteiger partial charge in [0.25, 0.3) is 0 Å². The minimum Gasteiger partial charge on any atom is -0.380 e. The smallest absolute Gasteiger partial charge is 0.319 e. The maximum atomic E-state index is 12.4. The Morgan fingerprint density at radius 3 is 2.15 bits per heavy atom. The number of piperidine rings is 1. The summed E-state index contributed by atoms with van der Waals surface area (Å²) in [5.41, 5.74) is 0. The number of nitrogens with zero attached hydrogens (tertiary/aromatic N) is 3. The number of likely N-dealkylation sites (tertiary alicyclic amines) is 2. The minimum absolute atomic E-state index is 0.0384. The lowest BCUT2D eigenvalue weighted by Gasteiger charge is -2.34. The molecule has 0 aromatic carbocycles. The average Bonchev–Trinajstić information content (AvgIpc) is 2.94. The van der Waals surface area contributed by atoms with Gasteiger partial charge in [0.2, 0.25) is 5.91 Å². The van der Waals surface area contributed by atoms with E-state index < -0.39 is 0 Å². The van der Waals surface area contributed by atoms with Crippen molar-refractivity contribution in [2.24, 2.45) is 5.92 Å². The first-order valence-electron chi connectivity index (χ1n) is 7.30. The molecule has 0 bridgehead atoms. The molecular formula is C14H25N3O3. The predicted molar refractivity (Wildman–Crippen MR) is 75.4 cm³/mol. The lowest BCUT2D eigenvalue weighted by molar-refractivity contribution is -0.136. The van der Waals surface area contributed by atoms with Crippen molar-refractivity contribution in [2.75, 3.05) is 47.4 Å². The highest BCUT2D eigenvalue weighted by atomic mass is 16.5. The molecule has 0 spiro atoms. The maximum absolute atomic E-state index is 12.4. The normalized spacial score (nSPS) is 24.1. The van der Waals surface area contributed by atoms with Crippen LogP contribution in [0.15, 0.2) is 0 Å². The summed E-state index contributed by atoms with van der Waals surface area (Å²) in [7, 11) is 5.22. The van der Waals surface area contributed by atoms with E-state index in [1.165, 1.54) is 0 Å². The van der Waals surface area contributed by atoms with E-state index in [0.717, 1.165) is 25.8 Å². The highest BCUT2D eigenvalue weighted by Crippen LogP contribution is 2.23. The third kappa shape index (κ3) is 3.23. The topological polar surface area (TPSA) is 53.1 Å². The number of ether oxygens (including phenoxy) is 1. The van der Waals surface area contributed by atoms with E-state index in [2.05, 4.69) is 0 Å². The fourth-order valence-corrected chi connectivity index (χ4v) is 2.98. The summed E-state index contributed by atoms with van der Waals surface area (Å²) in [6.07, 6.45) is 2.66. The molecule has 0 aromatic heterocycles. The summed E-state index contributed by atoms with van der Waals surface area (Å²) in [4.78, 5) is 29.6. The zero-order chi connectivity index (χ0) is 14.7. The molecule has 0 aromatic rings. The van der Waals surface area contributed by atoms with Crippen LogP contribution in [-0.4, -0.2) is 80.1 Å². The van der Waals surface area contributed by atoms with Crippen molar-refractivity contribution in [3.05, 3.63) is 0 Å². The number of hydrogen-bond acceptors (Lipinski definition) is 3. The highest BCUT2D eigenvalue weighted by Gasteiger charge is 2.33. The molecule has 1 unspecified atom stereocenters. The van der Waals surface area contributed by atoms with E-state index >= 15 is 0 Å². The van der Waals surface area contributed by atoms with Crippen molar-refractivity contribution in [3.8, 4) is 0 Å². The number of rotatable bonds is 2. The van der Waals surface area contributed by atoms with Crippen molar-refractivity contribution < 1.29 is 14.3 Å². The van der Waals surface area contributed by atoms with E-state index in [4.69, 9.17) is 4.74 Å². The van der Waals surface area contributed by atoms with E-state index in [9.17, 15) is 9.59 Å². The monoisotopic (exact) mass is 283 g/mol. The first-order chi connectivity index (χ1) is 9.52. The minimum atomic E-state index is 0.0384. The van der Waals surface area contributed by atoms with Crippen LogP contribution in [-0.2, 0) is 9.53 Å². The van der Waals surface area contributed by atoms with Gasteiger partial charge >= 0.3 is 6.03 Å². The summed E-state index contributed by atoms with van der Waals surface area (Å²) in [6, 6.07) is 0.0384. The molecule has 0 radical (unpaired) electrons. The Hall–Kier alpha value is -1.30. The molecule has 0 saturated carbocycles. The van der Waals surface area contributed by atoms with Crippen LogP contribution in [0.25, 0.3) is 0 Å². The largest absolute Gasteiger partial charge is 0.380 e. The molecule has 114 valence electrons. The van der Waals surface area contributed by atoms with Gasteiger partial charge < -0.3 is 19.4 Å². The van der Waals surface area contributed by atoms with Gasteiger partial charge in [-0.05, 0) is 19.3 Å². The number of methoxy groups -OCH3 is 1. The Morgan fingerprint density at radius 1 is 1.05 bits per heavy atom. The molecule has 2 aliphatic heterocycles. The Morgan fingerprint density at radius 2 is 1.65 bits per heavy atom. The second-order valence-electron chi connectivity index (χ2n) is 5.87. The van der Waals surface area contributed by atoms with Gasteiger partial charge in [0.1, 0.15) is 0 Å². The van der Waals surface area contributed by atoms with Crippen molar-refractivity contribution >= 4 is 11.9 Å². The Bertz CT molecular complexity index is 365. The second-order valence-corrected chi connectivity index (χ2v) is 5.87. The van der Waals surface area contributed by atoms with Crippen LogP contribution >= 0.6 is 0 Å². The van der Waals surface area contributed by atoms with Crippen LogP contribution in [0.1, 0.15) is 19.3 Å². The van der Waals surface area contributed by atoms with Crippen LogP contribution in [0, 0.1) is 5.92 Å². The lowest BCUT2D eigenvalue weighted by Crippen LogP contribution is -2.47. The molecule has 3 amide bonds. The third-order valence-electron chi connectivity index (χ3n) is 4.29. The van der Waals surface area contributed by atoms with Gasteiger partial charge in [0.15, 0.2) is 0 Å². The molecule has 0 N–H and O–H groups in total. The van der Waals surface area contributed by atoms with Crippen LogP contribution in [0.4, 0.5) is 4.79 Å². The molecule has 20 heavy (non-hydrogen) atoms. The fraction of sp³-hybridized carbons (Fsp3) is 0.857. The number of carbonyl (C=O) groups is 2.